The normalized spacial score (nSPS) is 13.2. The Kier molecular flexibility index (Phi) is 7.72. The van der Waals surface area contributed by atoms with Crippen LogP contribution in [-0.4, -0.2) is 28.9 Å². The van der Waals surface area contributed by atoms with Gasteiger partial charge in [0.15, 0.2) is 0 Å². The number of benzene rings is 2. The maximum atomic E-state index is 13.3. The average molecular weight is 361 g/mol. The number of carbonyl (C=O) groups excluding carboxylic acids is 1. The number of aliphatic hydroxyl groups is 1. The smallest absolute Gasteiger partial charge is 0.245 e. The Balaban J connectivity index is 2.31. The van der Waals surface area contributed by atoms with E-state index in [1.54, 1.807) is 17.6 Å². The zero-order chi connectivity index (χ0) is 18.9. The molecular formula is C20H24FNO4. The molecule has 5 nitrogen and oxygen atoms in total. The number of hydrogen-bond acceptors (Lipinski definition) is 4. The molecule has 0 heterocycles. The summed E-state index contributed by atoms with van der Waals surface area (Å²) < 4.78 is 19.1. The highest BCUT2D eigenvalue weighted by molar-refractivity contribution is 5.75. The minimum absolute atomic E-state index is 0.0128. The Morgan fingerprint density at radius 2 is 1.73 bits per heavy atom. The number of carbonyl (C=O) groups is 1. The largest absolute Gasteiger partial charge is 0.392 e. The van der Waals surface area contributed by atoms with Gasteiger partial charge in [0.25, 0.3) is 0 Å². The fourth-order valence-corrected chi connectivity index (χ4v) is 2.97. The molecule has 0 aromatic heterocycles. The Morgan fingerprint density at radius 1 is 1.12 bits per heavy atom. The highest BCUT2D eigenvalue weighted by Gasteiger charge is 2.26. The molecule has 2 aromatic carbocycles. The molecule has 0 saturated carbocycles. The number of amides is 1. The van der Waals surface area contributed by atoms with Gasteiger partial charge in [0, 0.05) is 12.5 Å². The molecule has 0 bridgehead atoms. The average Bonchev–Trinajstić information content (AvgIpc) is 2.67. The molecule has 0 saturated heterocycles. The van der Waals surface area contributed by atoms with E-state index in [0.717, 1.165) is 16.7 Å². The Hall–Kier alpha value is -2.28. The molecule has 26 heavy (non-hydrogen) atoms. The number of hydrogen-bond donors (Lipinski definition) is 3. The van der Waals surface area contributed by atoms with Crippen LogP contribution in [0.1, 0.15) is 36.0 Å². The first kappa shape index (κ1) is 20.0. The quantitative estimate of drug-likeness (QED) is 0.474. The van der Waals surface area contributed by atoms with Crippen molar-refractivity contribution in [1.82, 2.24) is 5.48 Å². The van der Waals surface area contributed by atoms with Crippen LogP contribution in [0.25, 0.3) is 0 Å². The molecule has 2 atom stereocenters. The third-order valence-corrected chi connectivity index (χ3v) is 4.30. The second-order valence-corrected chi connectivity index (χ2v) is 6.07. The van der Waals surface area contributed by atoms with Crippen molar-refractivity contribution in [1.29, 1.82) is 0 Å². The van der Waals surface area contributed by atoms with Crippen LogP contribution in [0, 0.1) is 5.82 Å². The monoisotopic (exact) mass is 361 g/mol. The number of hydroxylamine groups is 1. The second-order valence-electron chi connectivity index (χ2n) is 6.07. The fraction of sp³-hybridized carbons (Fsp3) is 0.350. The fourth-order valence-electron chi connectivity index (χ4n) is 2.97. The molecule has 2 aromatic rings. The summed E-state index contributed by atoms with van der Waals surface area (Å²) in [7, 11) is 0. The van der Waals surface area contributed by atoms with Crippen molar-refractivity contribution in [3.8, 4) is 0 Å². The van der Waals surface area contributed by atoms with Crippen molar-refractivity contribution in [3.63, 3.8) is 0 Å². The summed E-state index contributed by atoms with van der Waals surface area (Å²) in [5.74, 6) is -1.07. The van der Waals surface area contributed by atoms with Crippen molar-refractivity contribution in [2.24, 2.45) is 0 Å². The Morgan fingerprint density at radius 3 is 2.27 bits per heavy atom. The van der Waals surface area contributed by atoms with Gasteiger partial charge in [0.2, 0.25) is 5.91 Å². The first-order valence-electron chi connectivity index (χ1n) is 8.56. The van der Waals surface area contributed by atoms with E-state index in [9.17, 15) is 14.3 Å². The van der Waals surface area contributed by atoms with Crippen LogP contribution in [0.2, 0.25) is 0 Å². The molecule has 140 valence electrons. The van der Waals surface area contributed by atoms with Crippen LogP contribution in [0.15, 0.2) is 48.5 Å². The minimum atomic E-state index is -0.536. The molecule has 1 unspecified atom stereocenters. The molecule has 0 aliphatic heterocycles. The van der Waals surface area contributed by atoms with Crippen LogP contribution in [-0.2, 0) is 22.6 Å². The molecular weight excluding hydrogens is 337 g/mol. The zero-order valence-electron chi connectivity index (χ0n) is 14.7. The summed E-state index contributed by atoms with van der Waals surface area (Å²) in [6, 6.07) is 13.6. The molecule has 0 radical (unpaired) electrons. The minimum Gasteiger partial charge on any atom is -0.392 e. The van der Waals surface area contributed by atoms with Crippen molar-refractivity contribution in [2.75, 3.05) is 6.61 Å². The number of ether oxygens (including phenoxy) is 1. The molecule has 0 spiro atoms. The van der Waals surface area contributed by atoms with Gasteiger partial charge in [-0.05, 0) is 42.2 Å². The standard InChI is InChI=1S/C20H24FNO4/c1-2-26-19(12-20(24)22-25)18(16-7-9-17(21)10-8-16)11-14-3-5-15(13-23)6-4-14/h3-10,18-19,23,25H,2,11-13H2,1H3,(H,22,24)/t18?,19-/m1/s1. The van der Waals surface area contributed by atoms with Crippen molar-refractivity contribution in [3.05, 3.63) is 71.0 Å². The number of halogens is 1. The first-order valence-corrected chi connectivity index (χ1v) is 8.56. The summed E-state index contributed by atoms with van der Waals surface area (Å²) in [4.78, 5) is 11.7. The van der Waals surface area contributed by atoms with E-state index < -0.39 is 12.0 Å². The van der Waals surface area contributed by atoms with E-state index in [1.165, 1.54) is 12.1 Å². The summed E-state index contributed by atoms with van der Waals surface area (Å²) in [5.41, 5.74) is 4.31. The lowest BCUT2D eigenvalue weighted by Crippen LogP contribution is -2.31. The van der Waals surface area contributed by atoms with E-state index >= 15 is 0 Å². The van der Waals surface area contributed by atoms with Crippen LogP contribution < -0.4 is 5.48 Å². The third kappa shape index (κ3) is 5.62. The van der Waals surface area contributed by atoms with Crippen molar-refractivity contribution in [2.45, 2.75) is 38.4 Å². The summed E-state index contributed by atoms with van der Waals surface area (Å²) in [6.07, 6.45) is 0.0806. The third-order valence-electron chi connectivity index (χ3n) is 4.30. The van der Waals surface area contributed by atoms with E-state index in [0.29, 0.717) is 13.0 Å². The lowest BCUT2D eigenvalue weighted by Gasteiger charge is -2.27. The zero-order valence-corrected chi connectivity index (χ0v) is 14.7. The molecule has 0 fully saturated rings. The number of aliphatic hydroxyl groups excluding tert-OH is 1. The SMILES string of the molecule is CCO[C@H](CC(=O)NO)C(Cc1ccc(CO)cc1)c1ccc(F)cc1. The highest BCUT2D eigenvalue weighted by atomic mass is 19.1. The molecule has 1 amide bonds. The predicted octanol–water partition coefficient (Wildman–Crippen LogP) is 2.94. The lowest BCUT2D eigenvalue weighted by atomic mass is 9.85. The molecule has 0 aliphatic carbocycles. The maximum Gasteiger partial charge on any atom is 0.245 e. The maximum absolute atomic E-state index is 13.3. The van der Waals surface area contributed by atoms with Gasteiger partial charge in [-0.3, -0.25) is 10.0 Å². The number of rotatable bonds is 9. The van der Waals surface area contributed by atoms with Gasteiger partial charge >= 0.3 is 0 Å². The van der Waals surface area contributed by atoms with Gasteiger partial charge in [-0.1, -0.05) is 36.4 Å². The second kappa shape index (κ2) is 10.0. The Labute approximate surface area is 152 Å². The topological polar surface area (TPSA) is 78.8 Å². The van der Waals surface area contributed by atoms with Crippen molar-refractivity contribution >= 4 is 5.91 Å². The van der Waals surface area contributed by atoms with Crippen LogP contribution in [0.4, 0.5) is 4.39 Å². The Bertz CT molecular complexity index is 688. The van der Waals surface area contributed by atoms with E-state index in [2.05, 4.69) is 0 Å². The summed E-state index contributed by atoms with van der Waals surface area (Å²) in [5, 5.41) is 18.0. The first-order chi connectivity index (χ1) is 12.6. The molecule has 0 aliphatic rings. The van der Waals surface area contributed by atoms with Gasteiger partial charge < -0.3 is 9.84 Å². The van der Waals surface area contributed by atoms with Crippen molar-refractivity contribution < 1.29 is 24.2 Å². The van der Waals surface area contributed by atoms with Crippen LogP contribution >= 0.6 is 0 Å². The van der Waals surface area contributed by atoms with Gasteiger partial charge in [-0.2, -0.15) is 0 Å². The van der Waals surface area contributed by atoms with E-state index in [-0.39, 0.29) is 24.8 Å². The van der Waals surface area contributed by atoms with Crippen LogP contribution in [0.3, 0.4) is 0 Å². The molecule has 2 rings (SSSR count). The number of nitrogens with one attached hydrogen (secondary N) is 1. The summed E-state index contributed by atoms with van der Waals surface area (Å²) in [6.45, 7) is 2.21. The molecule has 6 heteroatoms. The molecule has 3 N–H and O–H groups in total. The van der Waals surface area contributed by atoms with E-state index in [4.69, 9.17) is 9.94 Å². The van der Waals surface area contributed by atoms with Gasteiger partial charge in [-0.15, -0.1) is 0 Å². The predicted molar refractivity (Wildman–Crippen MR) is 95.2 cm³/mol. The van der Waals surface area contributed by atoms with Gasteiger partial charge in [0.1, 0.15) is 5.82 Å². The highest BCUT2D eigenvalue weighted by Crippen LogP contribution is 2.29. The van der Waals surface area contributed by atoms with E-state index in [1.807, 2.05) is 31.2 Å². The van der Waals surface area contributed by atoms with Gasteiger partial charge in [0.05, 0.1) is 19.1 Å². The lowest BCUT2D eigenvalue weighted by molar-refractivity contribution is -0.132. The van der Waals surface area contributed by atoms with Crippen LogP contribution in [0.5, 0.6) is 0 Å². The summed E-state index contributed by atoms with van der Waals surface area (Å²) >= 11 is 0. The van der Waals surface area contributed by atoms with Gasteiger partial charge in [-0.25, -0.2) is 9.87 Å².